The van der Waals surface area contributed by atoms with Crippen molar-refractivity contribution in [2.75, 3.05) is 0 Å². The molecule has 2 aromatic rings. The zero-order valence-corrected chi connectivity index (χ0v) is 24.7. The van der Waals surface area contributed by atoms with Crippen molar-refractivity contribution in [2.45, 2.75) is 89.2 Å². The number of amides is 1. The Morgan fingerprint density at radius 1 is 1.09 bits per heavy atom. The average Bonchev–Trinajstić information content (AvgIpc) is 2.95. The highest BCUT2D eigenvalue weighted by Gasteiger charge is 2.49. The molecule has 1 fully saturated rings. The van der Waals surface area contributed by atoms with Crippen LogP contribution in [0.3, 0.4) is 0 Å². The lowest BCUT2D eigenvalue weighted by atomic mass is 9.72. The second-order valence-electron chi connectivity index (χ2n) is 12.2. The Bertz CT molecular complexity index is 1570. The average molecular weight is 613 g/mol. The van der Waals surface area contributed by atoms with E-state index in [1.807, 2.05) is 0 Å². The molecule has 13 heteroatoms. The zero-order valence-electron chi connectivity index (χ0n) is 24.7. The van der Waals surface area contributed by atoms with Gasteiger partial charge in [-0.15, -0.1) is 0 Å². The quantitative estimate of drug-likeness (QED) is 0.193. The first kappa shape index (κ1) is 31.5. The lowest BCUT2D eigenvalue weighted by molar-refractivity contribution is -0.249. The summed E-state index contributed by atoms with van der Waals surface area (Å²) in [5.74, 6) is -5.02. The van der Waals surface area contributed by atoms with Gasteiger partial charge in [-0.05, 0) is 25.8 Å². The number of carbonyl (C=O) groups excluding carboxylic acids is 4. The van der Waals surface area contributed by atoms with Crippen LogP contribution < -0.4 is 11.1 Å². The number of ether oxygens (including phenoxy) is 2. The lowest BCUT2D eigenvalue weighted by Crippen LogP contribution is -2.58. The van der Waals surface area contributed by atoms with Gasteiger partial charge in [0.25, 0.3) is 0 Å². The largest absolute Gasteiger partial charge is 0.507 e. The Hall–Kier alpha value is -3.88. The van der Waals surface area contributed by atoms with Gasteiger partial charge in [-0.2, -0.15) is 0 Å². The Labute approximate surface area is 252 Å². The summed E-state index contributed by atoms with van der Waals surface area (Å²) in [6.07, 6.45) is -5.52. The van der Waals surface area contributed by atoms with Gasteiger partial charge in [0.2, 0.25) is 11.7 Å². The number of carbonyl (C=O) groups is 4. The van der Waals surface area contributed by atoms with E-state index in [-0.39, 0.29) is 34.6 Å². The maximum Gasteiger partial charge on any atom is 0.237 e. The van der Waals surface area contributed by atoms with Crippen molar-refractivity contribution in [1.29, 1.82) is 0 Å². The van der Waals surface area contributed by atoms with Crippen LogP contribution >= 0.6 is 0 Å². The summed E-state index contributed by atoms with van der Waals surface area (Å²) in [5.41, 5.74) is 1.96. The highest BCUT2D eigenvalue weighted by Crippen LogP contribution is 2.52. The number of phenolic OH excluding ortho intramolecular Hbond substituents is 3. The van der Waals surface area contributed by atoms with Crippen molar-refractivity contribution in [3.63, 3.8) is 0 Å². The first-order chi connectivity index (χ1) is 20.6. The smallest absolute Gasteiger partial charge is 0.237 e. The van der Waals surface area contributed by atoms with E-state index >= 15 is 0 Å². The fourth-order valence-corrected chi connectivity index (χ4v) is 6.19. The molecule has 2 aromatic carbocycles. The third kappa shape index (κ3) is 5.04. The van der Waals surface area contributed by atoms with Gasteiger partial charge in [-0.3, -0.25) is 19.2 Å². The van der Waals surface area contributed by atoms with Gasteiger partial charge in [0.15, 0.2) is 17.9 Å². The number of aliphatic hydroxyl groups excluding tert-OH is 1. The molecule has 2 aliphatic carbocycles. The van der Waals surface area contributed by atoms with E-state index in [1.54, 1.807) is 20.8 Å². The molecule has 3 aliphatic rings. The van der Waals surface area contributed by atoms with Gasteiger partial charge in [-0.1, -0.05) is 26.0 Å². The fraction of sp³-hybridized carbons (Fsp3) is 0.484. The molecule has 0 saturated carbocycles. The number of Topliss-reactive ketones (excluding diaryl/α,β-unsaturated/α-hetero) is 1. The number of nitrogens with two attached hydrogens (primary N) is 1. The first-order valence-corrected chi connectivity index (χ1v) is 14.4. The fourth-order valence-electron chi connectivity index (χ4n) is 6.19. The summed E-state index contributed by atoms with van der Waals surface area (Å²) >= 11 is 0. The number of phenols is 3. The van der Waals surface area contributed by atoms with E-state index in [2.05, 4.69) is 5.32 Å². The molecule has 1 amide bonds. The van der Waals surface area contributed by atoms with E-state index < -0.39 is 107 Å². The molecular weight excluding hydrogens is 576 g/mol. The third-order valence-electron chi connectivity index (χ3n) is 8.90. The molecule has 7 atom stereocenters. The van der Waals surface area contributed by atoms with Crippen molar-refractivity contribution in [3.05, 3.63) is 51.6 Å². The number of aliphatic hydroxyl groups is 2. The predicted octanol–water partition coefficient (Wildman–Crippen LogP) is 0.867. The second kappa shape index (κ2) is 11.2. The van der Waals surface area contributed by atoms with Gasteiger partial charge in [0, 0.05) is 36.0 Å². The molecular formula is C31H36N2O11. The number of hydrogen-bond donors (Lipinski definition) is 7. The standard InChI is InChI=1S/C31H36N2O11/c1-11(2)24(32)30(41)33-16-8-19(43-12(3)25(16)36)44-18-10-31(42,13(4)34)9-15-21(18)29(40)23-22(27(15)38)26(37)14-6-5-7-17(35)20(14)28(23)39/h5-7,11-12,16,18-19,24-25,35-36,38,40,42H,8-10,32H2,1-4H3,(H,33,41)/t12?,16?,18-,19?,24?,25?,31-/m0/s1. The SMILES string of the molecule is CC(=O)[C@]1(O)Cc2c(O)c3c(c(O)c2[C@@H](OC2CC(NC(=O)C(N)C(C)C)C(O)C(C)O2)C1)C(=O)c1c(O)cccc1C3=O. The van der Waals surface area contributed by atoms with Crippen LogP contribution in [0.4, 0.5) is 0 Å². The van der Waals surface area contributed by atoms with Gasteiger partial charge in [0.1, 0.15) is 29.0 Å². The Morgan fingerprint density at radius 3 is 2.39 bits per heavy atom. The molecule has 1 saturated heterocycles. The van der Waals surface area contributed by atoms with Gasteiger partial charge in [-0.25, -0.2) is 0 Å². The number of benzene rings is 2. The molecule has 13 nitrogen and oxygen atoms in total. The van der Waals surface area contributed by atoms with Crippen molar-refractivity contribution in [3.8, 4) is 17.2 Å². The molecule has 1 heterocycles. The lowest BCUT2D eigenvalue weighted by Gasteiger charge is -2.43. The summed E-state index contributed by atoms with van der Waals surface area (Å²) < 4.78 is 12.0. The Kier molecular flexibility index (Phi) is 8.06. The van der Waals surface area contributed by atoms with Crippen molar-refractivity contribution in [1.82, 2.24) is 5.32 Å². The first-order valence-electron chi connectivity index (χ1n) is 14.4. The Balaban J connectivity index is 1.57. The molecule has 8 N–H and O–H groups in total. The molecule has 236 valence electrons. The molecule has 0 radical (unpaired) electrons. The summed E-state index contributed by atoms with van der Waals surface area (Å²) in [6.45, 7) is 6.24. The van der Waals surface area contributed by atoms with E-state index in [0.717, 1.165) is 6.92 Å². The molecule has 5 unspecified atom stereocenters. The van der Waals surface area contributed by atoms with Gasteiger partial charge >= 0.3 is 0 Å². The normalized spacial score (nSPS) is 28.6. The number of ketones is 3. The monoisotopic (exact) mass is 612 g/mol. The van der Waals surface area contributed by atoms with E-state index in [1.165, 1.54) is 18.2 Å². The zero-order chi connectivity index (χ0) is 32.4. The molecule has 0 aromatic heterocycles. The van der Waals surface area contributed by atoms with Crippen LogP contribution in [0.2, 0.25) is 0 Å². The summed E-state index contributed by atoms with van der Waals surface area (Å²) in [7, 11) is 0. The molecule has 5 rings (SSSR count). The number of nitrogens with one attached hydrogen (secondary N) is 1. The van der Waals surface area contributed by atoms with Crippen LogP contribution in [0.15, 0.2) is 18.2 Å². The highest BCUT2D eigenvalue weighted by molar-refractivity contribution is 6.31. The van der Waals surface area contributed by atoms with Crippen LogP contribution in [0.1, 0.15) is 89.6 Å². The number of rotatable bonds is 6. The van der Waals surface area contributed by atoms with Gasteiger partial charge in [0.05, 0.1) is 41.0 Å². The minimum atomic E-state index is -2.09. The number of aromatic hydroxyl groups is 3. The highest BCUT2D eigenvalue weighted by atomic mass is 16.7. The van der Waals surface area contributed by atoms with E-state index in [9.17, 15) is 44.7 Å². The van der Waals surface area contributed by atoms with Crippen LogP contribution in [0.5, 0.6) is 17.2 Å². The van der Waals surface area contributed by atoms with Crippen LogP contribution in [0, 0.1) is 5.92 Å². The molecule has 0 bridgehead atoms. The van der Waals surface area contributed by atoms with Crippen LogP contribution in [-0.4, -0.2) is 85.0 Å². The minimum Gasteiger partial charge on any atom is -0.507 e. The van der Waals surface area contributed by atoms with Crippen molar-refractivity contribution < 1.29 is 54.2 Å². The third-order valence-corrected chi connectivity index (χ3v) is 8.90. The molecule has 0 spiro atoms. The number of fused-ring (bicyclic) bond motifs is 3. The minimum absolute atomic E-state index is 0.0945. The predicted molar refractivity (Wildman–Crippen MR) is 152 cm³/mol. The topological polar surface area (TPSA) is 226 Å². The Morgan fingerprint density at radius 2 is 1.75 bits per heavy atom. The summed E-state index contributed by atoms with van der Waals surface area (Å²) in [6, 6.07) is 2.16. The van der Waals surface area contributed by atoms with Crippen LogP contribution in [0.25, 0.3) is 0 Å². The van der Waals surface area contributed by atoms with Crippen molar-refractivity contribution in [2.24, 2.45) is 11.7 Å². The number of hydrogen-bond acceptors (Lipinski definition) is 12. The second-order valence-corrected chi connectivity index (χ2v) is 12.2. The van der Waals surface area contributed by atoms with Crippen molar-refractivity contribution >= 4 is 23.3 Å². The summed E-state index contributed by atoms with van der Waals surface area (Å²) in [5, 5.41) is 58.1. The molecule has 44 heavy (non-hydrogen) atoms. The van der Waals surface area contributed by atoms with Crippen LogP contribution in [-0.2, 0) is 25.5 Å². The van der Waals surface area contributed by atoms with E-state index in [4.69, 9.17) is 15.2 Å². The molecule has 1 aliphatic heterocycles. The van der Waals surface area contributed by atoms with Gasteiger partial charge < -0.3 is 46.1 Å². The van der Waals surface area contributed by atoms with E-state index in [0.29, 0.717) is 0 Å². The maximum atomic E-state index is 13.6. The maximum absolute atomic E-state index is 13.6. The summed E-state index contributed by atoms with van der Waals surface area (Å²) in [4.78, 5) is 52.3.